The Morgan fingerprint density at radius 1 is 0.488 bits per heavy atom. The number of rotatable bonds is 14. The molecule has 0 saturated carbocycles. The highest BCUT2D eigenvalue weighted by atomic mass is 35.5. The van der Waals surface area contributed by atoms with Crippen LogP contribution in [-0.2, 0) is 13.3 Å². The molecule has 3 nitrogen and oxygen atoms in total. The normalized spacial score (nSPS) is 16.7. The van der Waals surface area contributed by atoms with Crippen LogP contribution in [0.4, 0.5) is 79.0 Å². The maximum atomic E-state index is 13.5. The second kappa shape index (κ2) is 13.4. The Morgan fingerprint density at radius 3 is 1.02 bits per heavy atom. The van der Waals surface area contributed by atoms with Gasteiger partial charge >= 0.3 is 45.9 Å². The zero-order valence-corrected chi connectivity index (χ0v) is 22.0. The number of halogens is 19. The highest BCUT2D eigenvalue weighted by Crippen LogP contribution is 2.50. The Hall–Kier alpha value is -0.873. The highest BCUT2D eigenvalue weighted by Gasteiger charge is 2.65. The van der Waals surface area contributed by atoms with Crippen LogP contribution >= 0.6 is 11.6 Å². The molecule has 0 aliphatic carbocycles. The summed E-state index contributed by atoms with van der Waals surface area (Å²) in [5, 5.41) is 0. The standard InChI is InChI=1S/C18H21ClF18O3Si/c1-38-41(10-18(35,36)37,39-11(3-2-4-19,5-13(20,21)22)6-14(23,24)25)40-12(7-15(26,27)28,8-16(29,30)31)9-17(32,33)34/h2-10H2,1H3. The average Bonchev–Trinajstić information content (AvgIpc) is 2.57. The molecule has 23 heteroatoms. The summed E-state index contributed by atoms with van der Waals surface area (Å²) >= 11 is 5.26. The van der Waals surface area contributed by atoms with Gasteiger partial charge in [0.1, 0.15) is 6.04 Å². The van der Waals surface area contributed by atoms with Crippen LogP contribution in [0.15, 0.2) is 0 Å². The lowest BCUT2D eigenvalue weighted by molar-refractivity contribution is -0.257. The predicted molar refractivity (Wildman–Crippen MR) is 105 cm³/mol. The summed E-state index contributed by atoms with van der Waals surface area (Å²) in [6.07, 6.45) is -53.6. The second-order valence-corrected chi connectivity index (χ2v) is 11.9. The van der Waals surface area contributed by atoms with Gasteiger partial charge in [0.05, 0.1) is 43.3 Å². The van der Waals surface area contributed by atoms with Crippen molar-refractivity contribution in [3.8, 4) is 0 Å². The van der Waals surface area contributed by atoms with E-state index in [9.17, 15) is 79.0 Å². The fourth-order valence-corrected chi connectivity index (χ4v) is 6.93. The third-order valence-electron chi connectivity index (χ3n) is 4.85. The van der Waals surface area contributed by atoms with E-state index in [-0.39, 0.29) is 7.11 Å². The van der Waals surface area contributed by atoms with E-state index < -0.39 is 114 Å². The minimum atomic E-state index is -6.89. The lowest BCUT2D eigenvalue weighted by atomic mass is 9.90. The maximum Gasteiger partial charge on any atom is 0.510 e. The van der Waals surface area contributed by atoms with Gasteiger partial charge in [-0.15, -0.1) is 11.6 Å². The minimum absolute atomic E-state index is 0.0506. The van der Waals surface area contributed by atoms with E-state index in [0.29, 0.717) is 0 Å². The monoisotopic (exact) mass is 690 g/mol. The molecule has 0 rings (SSSR count). The van der Waals surface area contributed by atoms with Crippen LogP contribution in [0.25, 0.3) is 0 Å². The van der Waals surface area contributed by atoms with Crippen molar-refractivity contribution in [1.29, 1.82) is 0 Å². The van der Waals surface area contributed by atoms with E-state index in [1.165, 1.54) is 0 Å². The van der Waals surface area contributed by atoms with Crippen molar-refractivity contribution in [2.24, 2.45) is 0 Å². The molecule has 1 atom stereocenters. The van der Waals surface area contributed by atoms with Crippen LogP contribution in [0.1, 0.15) is 44.9 Å². The smallest absolute Gasteiger partial charge is 0.377 e. The first-order valence-electron chi connectivity index (χ1n) is 10.7. The molecular formula is C18H21ClF18O3Si. The van der Waals surface area contributed by atoms with E-state index in [2.05, 4.69) is 13.3 Å². The lowest BCUT2D eigenvalue weighted by Gasteiger charge is -2.46. The average molecular weight is 691 g/mol. The molecular weight excluding hydrogens is 670 g/mol. The van der Waals surface area contributed by atoms with Crippen LogP contribution < -0.4 is 0 Å². The van der Waals surface area contributed by atoms with Crippen molar-refractivity contribution in [2.75, 3.05) is 13.0 Å². The Kier molecular flexibility index (Phi) is 13.1. The van der Waals surface area contributed by atoms with Gasteiger partial charge in [-0.2, -0.15) is 79.0 Å². The van der Waals surface area contributed by atoms with Gasteiger partial charge in [0.2, 0.25) is 0 Å². The quantitative estimate of drug-likeness (QED) is 0.103. The van der Waals surface area contributed by atoms with Gasteiger partial charge in [-0.3, -0.25) is 0 Å². The van der Waals surface area contributed by atoms with E-state index in [1.807, 2.05) is 0 Å². The van der Waals surface area contributed by atoms with Gasteiger partial charge in [-0.25, -0.2) is 0 Å². The Balaban J connectivity index is 7.56. The number of hydrogen-bond acceptors (Lipinski definition) is 3. The molecule has 41 heavy (non-hydrogen) atoms. The number of alkyl halides is 19. The maximum absolute atomic E-state index is 13.5. The van der Waals surface area contributed by atoms with Crippen molar-refractivity contribution in [3.05, 3.63) is 0 Å². The molecule has 0 aromatic rings. The van der Waals surface area contributed by atoms with Gasteiger partial charge < -0.3 is 13.3 Å². The first-order chi connectivity index (χ1) is 17.8. The lowest BCUT2D eigenvalue weighted by Crippen LogP contribution is -2.62. The molecule has 0 aliphatic heterocycles. The minimum Gasteiger partial charge on any atom is -0.377 e. The molecule has 0 amide bonds. The third kappa shape index (κ3) is 17.7. The molecule has 0 N–H and O–H groups in total. The summed E-state index contributed by atoms with van der Waals surface area (Å²) in [5.74, 6) is -0.775. The molecule has 0 aliphatic rings. The van der Waals surface area contributed by atoms with Gasteiger partial charge in [0, 0.05) is 13.0 Å². The van der Waals surface area contributed by atoms with Crippen molar-refractivity contribution in [3.63, 3.8) is 0 Å². The summed E-state index contributed by atoms with van der Waals surface area (Å²) in [6, 6.07) is -3.07. The van der Waals surface area contributed by atoms with Gasteiger partial charge in [0.15, 0.2) is 0 Å². The van der Waals surface area contributed by atoms with E-state index in [0.717, 1.165) is 0 Å². The first kappa shape index (κ1) is 40.1. The predicted octanol–water partition coefficient (Wildman–Crippen LogP) is 9.43. The molecule has 248 valence electrons. The molecule has 0 aromatic carbocycles. The Bertz CT molecular complexity index is 745. The van der Waals surface area contributed by atoms with E-state index in [4.69, 9.17) is 11.6 Å². The van der Waals surface area contributed by atoms with Gasteiger partial charge in [0.25, 0.3) is 0 Å². The summed E-state index contributed by atoms with van der Waals surface area (Å²) in [4.78, 5) is 0. The fourth-order valence-electron chi connectivity index (χ4n) is 4.03. The van der Waals surface area contributed by atoms with Crippen molar-refractivity contribution in [1.82, 2.24) is 0 Å². The molecule has 0 spiro atoms. The summed E-state index contributed by atoms with van der Waals surface area (Å²) in [7, 11) is -6.94. The Morgan fingerprint density at radius 2 is 0.780 bits per heavy atom. The zero-order valence-electron chi connectivity index (χ0n) is 20.3. The fraction of sp³-hybridized carbons (Fsp3) is 1.00. The SMILES string of the molecule is CO[Si](CC(F)(F)F)(OC(CCCCl)(CC(F)(F)F)CC(F)(F)F)OC(CC(F)(F)F)(CC(F)(F)F)CC(F)(F)F. The summed E-state index contributed by atoms with van der Waals surface area (Å²) in [5.41, 5.74) is -8.81. The summed E-state index contributed by atoms with van der Waals surface area (Å²) < 4.78 is 253. The molecule has 0 saturated heterocycles. The Labute approximate surface area is 225 Å². The highest BCUT2D eigenvalue weighted by molar-refractivity contribution is 6.61. The van der Waals surface area contributed by atoms with Crippen LogP contribution in [-0.4, -0.2) is 70.1 Å². The topological polar surface area (TPSA) is 27.7 Å². The molecule has 0 bridgehead atoms. The van der Waals surface area contributed by atoms with E-state index in [1.54, 1.807) is 0 Å². The molecule has 0 aromatic heterocycles. The molecule has 0 heterocycles. The van der Waals surface area contributed by atoms with Crippen LogP contribution in [0.5, 0.6) is 0 Å². The first-order valence-corrected chi connectivity index (χ1v) is 13.2. The van der Waals surface area contributed by atoms with Gasteiger partial charge in [-0.1, -0.05) is 0 Å². The van der Waals surface area contributed by atoms with Crippen molar-refractivity contribution >= 4 is 20.4 Å². The van der Waals surface area contributed by atoms with Crippen molar-refractivity contribution < 1.29 is 92.3 Å². The second-order valence-electron chi connectivity index (χ2n) is 9.00. The largest absolute Gasteiger partial charge is 0.510 e. The van der Waals surface area contributed by atoms with Crippen LogP contribution in [0.2, 0.25) is 6.04 Å². The number of hydrogen-bond donors (Lipinski definition) is 0. The van der Waals surface area contributed by atoms with Gasteiger partial charge in [-0.05, 0) is 12.8 Å². The molecule has 1 unspecified atom stereocenters. The van der Waals surface area contributed by atoms with Crippen LogP contribution in [0.3, 0.4) is 0 Å². The van der Waals surface area contributed by atoms with Crippen molar-refractivity contribution in [2.45, 2.75) is 99.2 Å². The van der Waals surface area contributed by atoms with E-state index >= 15 is 0 Å². The summed E-state index contributed by atoms with van der Waals surface area (Å²) in [6.45, 7) is 0. The zero-order chi connectivity index (χ0) is 33.0. The molecule has 0 fully saturated rings. The third-order valence-corrected chi connectivity index (χ3v) is 8.06. The van der Waals surface area contributed by atoms with Crippen LogP contribution in [0, 0.1) is 0 Å². The molecule has 0 radical (unpaired) electrons.